The maximum Gasteiger partial charge on any atom is 0.277 e. The van der Waals surface area contributed by atoms with Crippen LogP contribution in [0.3, 0.4) is 0 Å². The Kier molecular flexibility index (Phi) is 6.15. The Morgan fingerprint density at radius 2 is 1.86 bits per heavy atom. The zero-order valence-electron chi connectivity index (χ0n) is 12.5. The van der Waals surface area contributed by atoms with E-state index in [0.29, 0.717) is 13.1 Å². The molecule has 0 saturated heterocycles. The highest BCUT2D eigenvalue weighted by Gasteiger charge is 2.26. The number of hydrogen-bond donors (Lipinski definition) is 0. The van der Waals surface area contributed by atoms with Crippen LogP contribution >= 0.6 is 11.6 Å². The largest absolute Gasteiger partial charge is 0.277 e. The molecule has 1 amide bonds. The quantitative estimate of drug-likeness (QED) is 0.746. The summed E-state index contributed by atoms with van der Waals surface area (Å²) in [6.45, 7) is 4.13. The molecule has 0 aliphatic rings. The van der Waals surface area contributed by atoms with Gasteiger partial charge in [-0.2, -0.15) is 4.31 Å². The molecular formula is C13H19ClN2O4S. The van der Waals surface area contributed by atoms with E-state index in [2.05, 4.69) is 0 Å². The molecule has 1 rings (SSSR count). The molecule has 8 heteroatoms. The predicted octanol–water partition coefficient (Wildman–Crippen LogP) is 2.00. The molecule has 0 saturated carbocycles. The third-order valence-corrected chi connectivity index (χ3v) is 5.59. The number of sulfonamides is 1. The molecular weight excluding hydrogens is 316 g/mol. The molecule has 0 bridgehead atoms. The van der Waals surface area contributed by atoms with Crippen molar-refractivity contribution in [3.05, 3.63) is 28.8 Å². The van der Waals surface area contributed by atoms with Crippen LogP contribution in [0, 0.1) is 0 Å². The number of nitrogens with zero attached hydrogens (tertiary/aromatic N) is 2. The first-order valence-electron chi connectivity index (χ1n) is 6.41. The van der Waals surface area contributed by atoms with Gasteiger partial charge in [-0.15, -0.1) is 0 Å². The number of carbonyl (C=O) groups is 1. The number of amides is 1. The van der Waals surface area contributed by atoms with E-state index in [1.807, 2.05) is 0 Å². The van der Waals surface area contributed by atoms with Crippen LogP contribution in [0.2, 0.25) is 5.02 Å². The molecule has 1 aromatic rings. The second-order valence-corrected chi connectivity index (χ2v) is 6.53. The second-order valence-electron chi connectivity index (χ2n) is 4.22. The number of hydrogen-bond acceptors (Lipinski definition) is 4. The average Bonchev–Trinajstić information content (AvgIpc) is 2.46. The number of benzene rings is 1. The van der Waals surface area contributed by atoms with Crippen molar-refractivity contribution in [3.63, 3.8) is 0 Å². The van der Waals surface area contributed by atoms with E-state index in [9.17, 15) is 13.2 Å². The Bertz CT molecular complexity index is 615. The summed E-state index contributed by atoms with van der Waals surface area (Å²) in [5.41, 5.74) is 0.189. The van der Waals surface area contributed by atoms with Crippen molar-refractivity contribution < 1.29 is 18.0 Å². The van der Waals surface area contributed by atoms with E-state index in [-0.39, 0.29) is 15.5 Å². The van der Waals surface area contributed by atoms with Crippen molar-refractivity contribution in [3.8, 4) is 0 Å². The summed E-state index contributed by atoms with van der Waals surface area (Å²) in [7, 11) is -0.942. The van der Waals surface area contributed by atoms with Gasteiger partial charge in [-0.25, -0.2) is 13.5 Å². The summed E-state index contributed by atoms with van der Waals surface area (Å²) in [5.74, 6) is -0.454. The van der Waals surface area contributed by atoms with Gasteiger partial charge < -0.3 is 0 Å². The summed E-state index contributed by atoms with van der Waals surface area (Å²) in [4.78, 5) is 16.7. The Hall–Kier alpha value is -1.15. The van der Waals surface area contributed by atoms with Gasteiger partial charge in [0.15, 0.2) is 0 Å². The summed E-state index contributed by atoms with van der Waals surface area (Å²) in [5, 5.41) is 1.09. The molecule has 1 aromatic carbocycles. The Balaban J connectivity index is 3.35. The summed E-state index contributed by atoms with van der Waals surface area (Å²) in [6, 6.07) is 4.13. The lowest BCUT2D eigenvalue weighted by Gasteiger charge is -2.20. The average molecular weight is 335 g/mol. The minimum Gasteiger partial charge on any atom is -0.274 e. The molecule has 0 spiro atoms. The van der Waals surface area contributed by atoms with Gasteiger partial charge in [-0.05, 0) is 18.2 Å². The SMILES string of the molecule is CCN(CC)S(=O)(=O)c1cc(C(=O)N(C)OC)ccc1Cl. The van der Waals surface area contributed by atoms with Gasteiger partial charge in [0, 0.05) is 25.7 Å². The third-order valence-electron chi connectivity index (χ3n) is 3.06. The van der Waals surface area contributed by atoms with Crippen molar-refractivity contribution >= 4 is 27.5 Å². The smallest absolute Gasteiger partial charge is 0.274 e. The maximum atomic E-state index is 12.5. The topological polar surface area (TPSA) is 66.9 Å². The fourth-order valence-corrected chi connectivity index (χ4v) is 3.76. The van der Waals surface area contributed by atoms with Gasteiger partial charge in [0.1, 0.15) is 4.90 Å². The number of carbonyl (C=O) groups excluding carboxylic acids is 1. The zero-order valence-corrected chi connectivity index (χ0v) is 14.0. The number of rotatable bonds is 6. The second kappa shape index (κ2) is 7.22. The van der Waals surface area contributed by atoms with Crippen LogP contribution in [0.15, 0.2) is 23.1 Å². The van der Waals surface area contributed by atoms with E-state index in [1.165, 1.54) is 36.7 Å². The molecule has 0 N–H and O–H groups in total. The molecule has 0 radical (unpaired) electrons. The van der Waals surface area contributed by atoms with Crippen LogP contribution < -0.4 is 0 Å². The first kappa shape index (κ1) is 17.9. The Morgan fingerprint density at radius 3 is 2.33 bits per heavy atom. The van der Waals surface area contributed by atoms with Gasteiger partial charge in [0.25, 0.3) is 5.91 Å². The van der Waals surface area contributed by atoms with Crippen LogP contribution in [-0.4, -0.2) is 50.9 Å². The lowest BCUT2D eigenvalue weighted by Crippen LogP contribution is -2.31. The van der Waals surface area contributed by atoms with Gasteiger partial charge in [-0.1, -0.05) is 25.4 Å². The first-order valence-corrected chi connectivity index (χ1v) is 8.23. The number of hydroxylamine groups is 2. The van der Waals surface area contributed by atoms with Crippen molar-refractivity contribution in [2.24, 2.45) is 0 Å². The highest BCUT2D eigenvalue weighted by Crippen LogP contribution is 2.26. The van der Waals surface area contributed by atoms with Crippen molar-refractivity contribution in [1.29, 1.82) is 0 Å². The van der Waals surface area contributed by atoms with E-state index in [4.69, 9.17) is 16.4 Å². The van der Waals surface area contributed by atoms with Crippen molar-refractivity contribution in [2.75, 3.05) is 27.2 Å². The van der Waals surface area contributed by atoms with Crippen molar-refractivity contribution in [1.82, 2.24) is 9.37 Å². The molecule has 6 nitrogen and oxygen atoms in total. The fraction of sp³-hybridized carbons (Fsp3) is 0.462. The monoisotopic (exact) mass is 334 g/mol. The molecule has 0 aromatic heterocycles. The van der Waals surface area contributed by atoms with Gasteiger partial charge >= 0.3 is 0 Å². The molecule has 0 heterocycles. The van der Waals surface area contributed by atoms with Crippen LogP contribution in [0.1, 0.15) is 24.2 Å². The van der Waals surface area contributed by atoms with E-state index in [0.717, 1.165) is 5.06 Å². The van der Waals surface area contributed by atoms with Gasteiger partial charge in [0.05, 0.1) is 12.1 Å². The standard InChI is InChI=1S/C13H19ClN2O4S/c1-5-16(6-2)21(18,19)12-9-10(7-8-11(12)14)13(17)15(3)20-4/h7-9H,5-6H2,1-4H3. The fourth-order valence-electron chi connectivity index (χ4n) is 1.80. The van der Waals surface area contributed by atoms with Crippen molar-refractivity contribution in [2.45, 2.75) is 18.7 Å². The summed E-state index contributed by atoms with van der Waals surface area (Å²) < 4.78 is 26.3. The van der Waals surface area contributed by atoms with Gasteiger partial charge in [-0.3, -0.25) is 9.63 Å². The molecule has 0 unspecified atom stereocenters. The Labute approximate surface area is 130 Å². The molecule has 0 fully saturated rings. The molecule has 118 valence electrons. The minimum absolute atomic E-state index is 0.0804. The summed E-state index contributed by atoms with van der Waals surface area (Å²) in [6.07, 6.45) is 0. The van der Waals surface area contributed by atoms with E-state index < -0.39 is 15.9 Å². The lowest BCUT2D eigenvalue weighted by atomic mass is 10.2. The Morgan fingerprint density at radius 1 is 1.29 bits per heavy atom. The molecule has 0 atom stereocenters. The minimum atomic E-state index is -3.73. The van der Waals surface area contributed by atoms with Gasteiger partial charge in [0.2, 0.25) is 10.0 Å². The predicted molar refractivity (Wildman–Crippen MR) is 80.7 cm³/mol. The molecule has 21 heavy (non-hydrogen) atoms. The first-order chi connectivity index (χ1) is 9.79. The van der Waals surface area contributed by atoms with Crippen LogP contribution in [0.5, 0.6) is 0 Å². The van der Waals surface area contributed by atoms with Crippen LogP contribution in [-0.2, 0) is 14.9 Å². The molecule has 0 aliphatic carbocycles. The zero-order chi connectivity index (χ0) is 16.2. The lowest BCUT2D eigenvalue weighted by molar-refractivity contribution is -0.0757. The highest BCUT2D eigenvalue weighted by molar-refractivity contribution is 7.89. The summed E-state index contributed by atoms with van der Waals surface area (Å²) >= 11 is 5.99. The van der Waals surface area contributed by atoms with Crippen LogP contribution in [0.4, 0.5) is 0 Å². The highest BCUT2D eigenvalue weighted by atomic mass is 35.5. The normalized spacial score (nSPS) is 11.7. The van der Waals surface area contributed by atoms with E-state index in [1.54, 1.807) is 13.8 Å². The third kappa shape index (κ3) is 3.74. The van der Waals surface area contributed by atoms with E-state index >= 15 is 0 Å². The van der Waals surface area contributed by atoms with Crippen LogP contribution in [0.25, 0.3) is 0 Å². The number of halogens is 1. The molecule has 0 aliphatic heterocycles. The maximum absolute atomic E-state index is 12.5.